The van der Waals surface area contributed by atoms with Crippen molar-refractivity contribution in [3.63, 3.8) is 0 Å². The van der Waals surface area contributed by atoms with Crippen molar-refractivity contribution in [3.05, 3.63) is 0 Å². The predicted octanol–water partition coefficient (Wildman–Crippen LogP) is 2.50. The van der Waals surface area contributed by atoms with Crippen LogP contribution in [0.5, 0.6) is 0 Å². The first-order chi connectivity index (χ1) is 7.27. The van der Waals surface area contributed by atoms with Gasteiger partial charge in [-0.05, 0) is 65.1 Å². The molecule has 2 nitrogen and oxygen atoms in total. The molecular formula is C13H28N2. The lowest BCUT2D eigenvalue weighted by Crippen LogP contribution is -2.35. The normalized spacial score (nSPS) is 18.4. The van der Waals surface area contributed by atoms with Crippen LogP contribution in [0.4, 0.5) is 0 Å². The maximum atomic E-state index is 3.23. The third-order valence-corrected chi connectivity index (χ3v) is 3.37. The molecule has 0 amide bonds. The fourth-order valence-electron chi connectivity index (χ4n) is 2.17. The standard InChI is InChI=1S/C13H28N2/c1-4-10-15(11-13-7-8-13)12(2)6-5-9-14-3/h12-14H,4-11H2,1-3H3. The highest BCUT2D eigenvalue weighted by Gasteiger charge is 2.25. The first-order valence-corrected chi connectivity index (χ1v) is 6.66. The molecule has 1 saturated carbocycles. The second kappa shape index (κ2) is 7.24. The molecule has 2 heteroatoms. The largest absolute Gasteiger partial charge is 0.320 e. The Morgan fingerprint density at radius 1 is 1.40 bits per heavy atom. The Bertz CT molecular complexity index is 155. The Morgan fingerprint density at radius 2 is 2.13 bits per heavy atom. The Morgan fingerprint density at radius 3 is 2.67 bits per heavy atom. The van der Waals surface area contributed by atoms with Crippen LogP contribution in [0.15, 0.2) is 0 Å². The molecule has 0 aliphatic heterocycles. The van der Waals surface area contributed by atoms with E-state index in [2.05, 4.69) is 24.1 Å². The van der Waals surface area contributed by atoms with Crippen LogP contribution in [0, 0.1) is 5.92 Å². The van der Waals surface area contributed by atoms with Crippen LogP contribution in [0.25, 0.3) is 0 Å². The van der Waals surface area contributed by atoms with Crippen LogP contribution in [-0.2, 0) is 0 Å². The minimum Gasteiger partial charge on any atom is -0.320 e. The van der Waals surface area contributed by atoms with Crippen molar-refractivity contribution >= 4 is 0 Å². The fraction of sp³-hybridized carbons (Fsp3) is 1.00. The number of rotatable bonds is 9. The van der Waals surface area contributed by atoms with E-state index in [-0.39, 0.29) is 0 Å². The minimum absolute atomic E-state index is 0.777. The summed E-state index contributed by atoms with van der Waals surface area (Å²) >= 11 is 0. The molecule has 15 heavy (non-hydrogen) atoms. The molecule has 0 saturated heterocycles. The van der Waals surface area contributed by atoms with Crippen LogP contribution < -0.4 is 5.32 Å². The number of nitrogens with zero attached hydrogens (tertiary/aromatic N) is 1. The van der Waals surface area contributed by atoms with E-state index in [1.165, 1.54) is 45.2 Å². The maximum absolute atomic E-state index is 3.23. The van der Waals surface area contributed by atoms with E-state index in [1.54, 1.807) is 0 Å². The summed E-state index contributed by atoms with van der Waals surface area (Å²) in [6.07, 6.45) is 6.89. The zero-order valence-corrected chi connectivity index (χ0v) is 10.8. The van der Waals surface area contributed by atoms with Gasteiger partial charge in [-0.15, -0.1) is 0 Å². The van der Waals surface area contributed by atoms with Crippen LogP contribution in [0.2, 0.25) is 0 Å². The lowest BCUT2D eigenvalue weighted by Gasteiger charge is -2.28. The molecule has 0 aromatic carbocycles. The van der Waals surface area contributed by atoms with Gasteiger partial charge >= 0.3 is 0 Å². The van der Waals surface area contributed by atoms with Gasteiger partial charge in [0, 0.05) is 12.6 Å². The minimum atomic E-state index is 0.777. The summed E-state index contributed by atoms with van der Waals surface area (Å²) in [6.45, 7) is 8.49. The lowest BCUT2D eigenvalue weighted by molar-refractivity contribution is 0.189. The quantitative estimate of drug-likeness (QED) is 0.591. The second-order valence-corrected chi connectivity index (χ2v) is 5.03. The zero-order chi connectivity index (χ0) is 11.1. The highest BCUT2D eigenvalue weighted by atomic mass is 15.2. The molecule has 1 rings (SSSR count). The molecule has 0 aromatic rings. The monoisotopic (exact) mass is 212 g/mol. The van der Waals surface area contributed by atoms with Crippen molar-refractivity contribution in [2.24, 2.45) is 5.92 Å². The average molecular weight is 212 g/mol. The summed E-state index contributed by atoms with van der Waals surface area (Å²) < 4.78 is 0. The van der Waals surface area contributed by atoms with Crippen LogP contribution in [-0.4, -0.2) is 37.6 Å². The molecule has 1 N–H and O–H groups in total. The molecule has 90 valence electrons. The summed E-state index contributed by atoms with van der Waals surface area (Å²) in [6, 6.07) is 0.777. The van der Waals surface area contributed by atoms with Crippen LogP contribution in [0.3, 0.4) is 0 Å². The highest BCUT2D eigenvalue weighted by Crippen LogP contribution is 2.30. The van der Waals surface area contributed by atoms with Gasteiger partial charge in [-0.3, -0.25) is 0 Å². The van der Waals surface area contributed by atoms with E-state index in [9.17, 15) is 0 Å². The molecular weight excluding hydrogens is 184 g/mol. The maximum Gasteiger partial charge on any atom is 0.00675 e. The second-order valence-electron chi connectivity index (χ2n) is 5.03. The van der Waals surface area contributed by atoms with Crippen molar-refractivity contribution < 1.29 is 0 Å². The van der Waals surface area contributed by atoms with Gasteiger partial charge in [0.1, 0.15) is 0 Å². The van der Waals surface area contributed by atoms with Gasteiger partial charge in [-0.25, -0.2) is 0 Å². The van der Waals surface area contributed by atoms with Gasteiger partial charge < -0.3 is 10.2 Å². The van der Waals surface area contributed by atoms with Crippen molar-refractivity contribution in [1.29, 1.82) is 0 Å². The predicted molar refractivity (Wildman–Crippen MR) is 67.2 cm³/mol. The summed E-state index contributed by atoms with van der Waals surface area (Å²) in [5.41, 5.74) is 0. The lowest BCUT2D eigenvalue weighted by atomic mass is 10.1. The SMILES string of the molecule is CCCN(CC1CC1)C(C)CCCNC. The molecule has 0 spiro atoms. The number of hydrogen-bond acceptors (Lipinski definition) is 2. The van der Waals surface area contributed by atoms with Crippen molar-refractivity contribution in [3.8, 4) is 0 Å². The Kier molecular flexibility index (Phi) is 6.26. The van der Waals surface area contributed by atoms with E-state index in [4.69, 9.17) is 0 Å². The van der Waals surface area contributed by atoms with Crippen molar-refractivity contribution in [1.82, 2.24) is 10.2 Å². The third-order valence-electron chi connectivity index (χ3n) is 3.37. The van der Waals surface area contributed by atoms with E-state index >= 15 is 0 Å². The van der Waals surface area contributed by atoms with Gasteiger partial charge in [-0.1, -0.05) is 6.92 Å². The average Bonchev–Trinajstić information content (AvgIpc) is 3.01. The van der Waals surface area contributed by atoms with Crippen LogP contribution in [0.1, 0.15) is 46.0 Å². The Hall–Kier alpha value is -0.0800. The summed E-state index contributed by atoms with van der Waals surface area (Å²) in [4.78, 5) is 2.70. The molecule has 1 atom stereocenters. The smallest absolute Gasteiger partial charge is 0.00675 e. The van der Waals surface area contributed by atoms with Gasteiger partial charge in [0.2, 0.25) is 0 Å². The molecule has 1 aliphatic carbocycles. The summed E-state index contributed by atoms with van der Waals surface area (Å²) in [5, 5.41) is 3.23. The number of nitrogens with one attached hydrogen (secondary N) is 1. The molecule has 0 bridgehead atoms. The Balaban J connectivity index is 2.18. The van der Waals surface area contributed by atoms with Gasteiger partial charge in [0.15, 0.2) is 0 Å². The summed E-state index contributed by atoms with van der Waals surface area (Å²) in [7, 11) is 2.04. The topological polar surface area (TPSA) is 15.3 Å². The molecule has 0 heterocycles. The molecule has 1 unspecified atom stereocenters. The third kappa shape index (κ3) is 5.53. The van der Waals surface area contributed by atoms with E-state index < -0.39 is 0 Å². The molecule has 1 fully saturated rings. The van der Waals surface area contributed by atoms with Gasteiger partial charge in [0.05, 0.1) is 0 Å². The first-order valence-electron chi connectivity index (χ1n) is 6.66. The fourth-order valence-corrected chi connectivity index (χ4v) is 2.17. The van der Waals surface area contributed by atoms with Gasteiger partial charge in [0.25, 0.3) is 0 Å². The summed E-state index contributed by atoms with van der Waals surface area (Å²) in [5.74, 6) is 1.03. The van der Waals surface area contributed by atoms with Crippen molar-refractivity contribution in [2.75, 3.05) is 26.7 Å². The van der Waals surface area contributed by atoms with Crippen molar-refractivity contribution in [2.45, 2.75) is 52.0 Å². The molecule has 0 aromatic heterocycles. The van der Waals surface area contributed by atoms with E-state index in [0.717, 1.165) is 18.5 Å². The number of hydrogen-bond donors (Lipinski definition) is 1. The molecule has 0 radical (unpaired) electrons. The zero-order valence-electron chi connectivity index (χ0n) is 10.8. The van der Waals surface area contributed by atoms with E-state index in [0.29, 0.717) is 0 Å². The molecule has 1 aliphatic rings. The first kappa shape index (κ1) is 13.0. The Labute approximate surface area is 95.4 Å². The van der Waals surface area contributed by atoms with Gasteiger partial charge in [-0.2, -0.15) is 0 Å². The van der Waals surface area contributed by atoms with Crippen LogP contribution >= 0.6 is 0 Å². The van der Waals surface area contributed by atoms with E-state index in [1.807, 2.05) is 7.05 Å². The highest BCUT2D eigenvalue weighted by molar-refractivity contribution is 4.79.